The van der Waals surface area contributed by atoms with Gasteiger partial charge in [-0.3, -0.25) is 0 Å². The SMILES string of the molecule is Cc1cc(I)ccc1NC1CCc2cc(Cl)ccc21. The molecule has 0 bridgehead atoms. The Balaban J connectivity index is 1.86. The predicted octanol–water partition coefficient (Wildman–Crippen LogP) is 5.35. The molecule has 0 heterocycles. The molecule has 0 aromatic heterocycles. The fraction of sp³-hybridized carbons (Fsp3) is 0.250. The van der Waals surface area contributed by atoms with E-state index in [4.69, 9.17) is 11.6 Å². The van der Waals surface area contributed by atoms with Crippen LogP contribution in [-0.4, -0.2) is 0 Å². The van der Waals surface area contributed by atoms with E-state index in [1.807, 2.05) is 6.07 Å². The number of fused-ring (bicyclic) bond motifs is 1. The van der Waals surface area contributed by atoms with Crippen molar-refractivity contribution >= 4 is 39.9 Å². The van der Waals surface area contributed by atoms with Crippen LogP contribution in [0.2, 0.25) is 5.02 Å². The minimum Gasteiger partial charge on any atom is -0.378 e. The predicted molar refractivity (Wildman–Crippen MR) is 90.0 cm³/mol. The molecule has 1 atom stereocenters. The molecule has 0 saturated heterocycles. The second kappa shape index (κ2) is 5.33. The van der Waals surface area contributed by atoms with Crippen molar-refractivity contribution in [1.82, 2.24) is 0 Å². The molecular weight excluding hydrogens is 369 g/mol. The molecule has 3 heteroatoms. The number of rotatable bonds is 2. The van der Waals surface area contributed by atoms with Gasteiger partial charge in [-0.2, -0.15) is 0 Å². The number of hydrogen-bond donors (Lipinski definition) is 1. The van der Waals surface area contributed by atoms with Crippen molar-refractivity contribution in [3.8, 4) is 0 Å². The van der Waals surface area contributed by atoms with Gasteiger partial charge in [0, 0.05) is 14.3 Å². The summed E-state index contributed by atoms with van der Waals surface area (Å²) in [5.74, 6) is 0. The van der Waals surface area contributed by atoms with E-state index in [2.05, 4.69) is 65.2 Å². The molecule has 3 rings (SSSR count). The minimum absolute atomic E-state index is 0.408. The Labute approximate surface area is 132 Å². The van der Waals surface area contributed by atoms with Gasteiger partial charge in [-0.15, -0.1) is 0 Å². The highest BCUT2D eigenvalue weighted by molar-refractivity contribution is 14.1. The first kappa shape index (κ1) is 13.3. The lowest BCUT2D eigenvalue weighted by Crippen LogP contribution is -2.08. The monoisotopic (exact) mass is 383 g/mol. The number of benzene rings is 2. The van der Waals surface area contributed by atoms with Gasteiger partial charge >= 0.3 is 0 Å². The van der Waals surface area contributed by atoms with Gasteiger partial charge in [-0.1, -0.05) is 17.7 Å². The summed E-state index contributed by atoms with van der Waals surface area (Å²) < 4.78 is 1.28. The van der Waals surface area contributed by atoms with E-state index in [9.17, 15) is 0 Å². The van der Waals surface area contributed by atoms with Crippen LogP contribution < -0.4 is 5.32 Å². The Hall–Kier alpha value is -0.740. The standard InChI is InChI=1S/C16H15ClIN/c1-10-8-13(18)4-7-15(10)19-16-6-2-11-9-12(17)3-5-14(11)16/h3-5,7-9,16,19H,2,6H2,1H3. The van der Waals surface area contributed by atoms with E-state index in [-0.39, 0.29) is 0 Å². The van der Waals surface area contributed by atoms with Gasteiger partial charge in [-0.05, 0) is 89.4 Å². The molecule has 1 aliphatic carbocycles. The topological polar surface area (TPSA) is 12.0 Å². The lowest BCUT2D eigenvalue weighted by molar-refractivity contribution is 0.761. The first-order valence-electron chi connectivity index (χ1n) is 6.44. The van der Waals surface area contributed by atoms with Crippen LogP contribution in [0.1, 0.15) is 29.2 Å². The second-order valence-corrected chi connectivity index (χ2v) is 6.72. The highest BCUT2D eigenvalue weighted by Crippen LogP contribution is 2.36. The maximum absolute atomic E-state index is 6.05. The van der Waals surface area contributed by atoms with Gasteiger partial charge in [0.2, 0.25) is 0 Å². The molecular formula is C16H15ClIN. The van der Waals surface area contributed by atoms with Gasteiger partial charge in [0.05, 0.1) is 6.04 Å². The van der Waals surface area contributed by atoms with E-state index in [1.54, 1.807) is 0 Å². The summed E-state index contributed by atoms with van der Waals surface area (Å²) in [6, 6.07) is 13.2. The Morgan fingerprint density at radius 1 is 1.21 bits per heavy atom. The lowest BCUT2D eigenvalue weighted by atomic mass is 10.1. The van der Waals surface area contributed by atoms with Crippen molar-refractivity contribution in [2.45, 2.75) is 25.8 Å². The molecule has 0 aliphatic heterocycles. The van der Waals surface area contributed by atoms with Gasteiger partial charge < -0.3 is 5.32 Å². The first-order chi connectivity index (χ1) is 9.13. The Kier molecular flexibility index (Phi) is 3.72. The van der Waals surface area contributed by atoms with Crippen LogP contribution >= 0.6 is 34.2 Å². The van der Waals surface area contributed by atoms with Gasteiger partial charge in [-0.25, -0.2) is 0 Å². The summed E-state index contributed by atoms with van der Waals surface area (Å²) in [6.45, 7) is 2.15. The summed E-state index contributed by atoms with van der Waals surface area (Å²) in [5, 5.41) is 4.50. The molecule has 2 aromatic carbocycles. The zero-order valence-electron chi connectivity index (χ0n) is 10.7. The van der Waals surface area contributed by atoms with Crippen LogP contribution in [-0.2, 0) is 6.42 Å². The van der Waals surface area contributed by atoms with Gasteiger partial charge in [0.25, 0.3) is 0 Å². The van der Waals surface area contributed by atoms with Crippen LogP contribution in [0.25, 0.3) is 0 Å². The molecule has 0 radical (unpaired) electrons. The van der Waals surface area contributed by atoms with Crippen LogP contribution in [0.15, 0.2) is 36.4 Å². The van der Waals surface area contributed by atoms with Crippen molar-refractivity contribution in [3.63, 3.8) is 0 Å². The number of aryl methyl sites for hydroxylation is 2. The maximum Gasteiger partial charge on any atom is 0.0519 e. The van der Waals surface area contributed by atoms with Crippen molar-refractivity contribution in [2.75, 3.05) is 5.32 Å². The quantitative estimate of drug-likeness (QED) is 0.689. The van der Waals surface area contributed by atoms with Gasteiger partial charge in [0.1, 0.15) is 0 Å². The largest absolute Gasteiger partial charge is 0.378 e. The third-order valence-corrected chi connectivity index (χ3v) is 4.61. The maximum atomic E-state index is 6.05. The average molecular weight is 384 g/mol. The lowest BCUT2D eigenvalue weighted by Gasteiger charge is -2.17. The number of nitrogens with one attached hydrogen (secondary N) is 1. The summed E-state index contributed by atoms with van der Waals surface area (Å²) in [6.07, 6.45) is 2.25. The van der Waals surface area contributed by atoms with Crippen LogP contribution in [0.4, 0.5) is 5.69 Å². The Morgan fingerprint density at radius 2 is 2.05 bits per heavy atom. The minimum atomic E-state index is 0.408. The highest BCUT2D eigenvalue weighted by Gasteiger charge is 2.22. The Morgan fingerprint density at radius 3 is 2.84 bits per heavy atom. The van der Waals surface area contributed by atoms with Crippen LogP contribution in [0.5, 0.6) is 0 Å². The summed E-state index contributed by atoms with van der Waals surface area (Å²) in [4.78, 5) is 0. The second-order valence-electron chi connectivity index (χ2n) is 5.04. The van der Waals surface area contributed by atoms with Crippen molar-refractivity contribution < 1.29 is 0 Å². The molecule has 2 aromatic rings. The number of hydrogen-bond acceptors (Lipinski definition) is 1. The molecule has 0 fully saturated rings. The van der Waals surface area contributed by atoms with E-state index in [0.717, 1.165) is 17.9 Å². The fourth-order valence-corrected chi connectivity index (χ4v) is 3.55. The molecule has 1 aliphatic rings. The number of halogens is 2. The molecule has 19 heavy (non-hydrogen) atoms. The van der Waals surface area contributed by atoms with Crippen molar-refractivity contribution in [3.05, 3.63) is 61.7 Å². The van der Waals surface area contributed by atoms with Crippen LogP contribution in [0, 0.1) is 10.5 Å². The van der Waals surface area contributed by atoms with Crippen molar-refractivity contribution in [2.24, 2.45) is 0 Å². The average Bonchev–Trinajstić information content (AvgIpc) is 2.75. The zero-order chi connectivity index (χ0) is 13.4. The number of anilines is 1. The van der Waals surface area contributed by atoms with Crippen LogP contribution in [0.3, 0.4) is 0 Å². The summed E-state index contributed by atoms with van der Waals surface area (Å²) >= 11 is 8.40. The normalized spacial score (nSPS) is 17.3. The molecule has 0 spiro atoms. The first-order valence-corrected chi connectivity index (χ1v) is 7.90. The highest BCUT2D eigenvalue weighted by atomic mass is 127. The van der Waals surface area contributed by atoms with E-state index >= 15 is 0 Å². The zero-order valence-corrected chi connectivity index (χ0v) is 13.6. The molecule has 1 N–H and O–H groups in total. The fourth-order valence-electron chi connectivity index (χ4n) is 2.71. The Bertz CT molecular complexity index is 624. The molecule has 1 unspecified atom stereocenters. The van der Waals surface area contributed by atoms with Gasteiger partial charge in [0.15, 0.2) is 0 Å². The molecule has 1 nitrogen and oxygen atoms in total. The summed E-state index contributed by atoms with van der Waals surface area (Å²) in [5.41, 5.74) is 5.30. The van der Waals surface area contributed by atoms with E-state index in [0.29, 0.717) is 6.04 Å². The smallest absolute Gasteiger partial charge is 0.0519 e. The molecule has 98 valence electrons. The van der Waals surface area contributed by atoms with E-state index < -0.39 is 0 Å². The third kappa shape index (κ3) is 2.75. The third-order valence-electron chi connectivity index (χ3n) is 3.70. The van der Waals surface area contributed by atoms with Crippen molar-refractivity contribution in [1.29, 1.82) is 0 Å². The summed E-state index contributed by atoms with van der Waals surface area (Å²) in [7, 11) is 0. The van der Waals surface area contributed by atoms with E-state index in [1.165, 1.54) is 25.9 Å². The molecule has 0 saturated carbocycles. The molecule has 0 amide bonds.